The molecular weight excluding hydrogens is 414 g/mol. The summed E-state index contributed by atoms with van der Waals surface area (Å²) in [7, 11) is 0. The van der Waals surface area contributed by atoms with E-state index in [1.165, 1.54) is 6.42 Å². The highest BCUT2D eigenvalue weighted by Crippen LogP contribution is 2.18. The minimum Gasteiger partial charge on any atom is -0.341 e. The van der Waals surface area contributed by atoms with Gasteiger partial charge in [0, 0.05) is 50.5 Å². The molecule has 2 aromatic rings. The highest BCUT2D eigenvalue weighted by Gasteiger charge is 2.31. The molecule has 0 spiro atoms. The van der Waals surface area contributed by atoms with Crippen molar-refractivity contribution in [3.63, 3.8) is 0 Å². The molecule has 1 aromatic heterocycles. The van der Waals surface area contributed by atoms with Crippen molar-refractivity contribution in [1.82, 2.24) is 24.5 Å². The van der Waals surface area contributed by atoms with E-state index >= 15 is 0 Å². The van der Waals surface area contributed by atoms with Gasteiger partial charge >= 0.3 is 0 Å². The third kappa shape index (κ3) is 5.10. The van der Waals surface area contributed by atoms with Gasteiger partial charge in [-0.3, -0.25) is 19.2 Å². The molecule has 2 fully saturated rings. The molecule has 8 heteroatoms. The van der Waals surface area contributed by atoms with Crippen LogP contribution in [0.15, 0.2) is 36.7 Å². The average Bonchev–Trinajstić information content (AvgIpc) is 3.28. The van der Waals surface area contributed by atoms with Crippen LogP contribution in [0.4, 0.5) is 0 Å². The van der Waals surface area contributed by atoms with Crippen molar-refractivity contribution >= 4 is 23.4 Å². The van der Waals surface area contributed by atoms with Gasteiger partial charge in [-0.2, -0.15) is 5.10 Å². The summed E-state index contributed by atoms with van der Waals surface area (Å²) < 4.78 is 1.74. The number of rotatable bonds is 5. The molecule has 1 aromatic carbocycles. The number of halogens is 1. The lowest BCUT2D eigenvalue weighted by atomic mass is 10.1. The Hall–Kier alpha value is -2.38. The second kappa shape index (κ2) is 9.83. The Morgan fingerprint density at radius 2 is 1.71 bits per heavy atom. The van der Waals surface area contributed by atoms with Crippen LogP contribution in [-0.2, 0) is 11.3 Å². The molecule has 1 atom stereocenters. The standard InChI is InChI=1S/C23H30ClN5O2/c1-18(22(30)27-9-5-2-6-10-27)26-11-13-28(14-12-26)23(31)20-15-25-29(17-20)16-19-7-3-4-8-21(19)24/h3-4,7-8,15,17-18H,2,5-6,9-14,16H2,1H3. The van der Waals surface area contributed by atoms with E-state index in [0.29, 0.717) is 43.3 Å². The van der Waals surface area contributed by atoms with Gasteiger partial charge < -0.3 is 9.80 Å². The number of carbonyl (C=O) groups excluding carboxylic acids is 2. The molecule has 4 rings (SSSR count). The summed E-state index contributed by atoms with van der Waals surface area (Å²) in [5.74, 6) is 0.209. The third-order valence-electron chi connectivity index (χ3n) is 6.34. The first-order valence-corrected chi connectivity index (χ1v) is 11.5. The van der Waals surface area contributed by atoms with Crippen LogP contribution in [0.2, 0.25) is 5.02 Å². The van der Waals surface area contributed by atoms with E-state index in [0.717, 1.165) is 31.5 Å². The van der Waals surface area contributed by atoms with Gasteiger partial charge in [0.2, 0.25) is 5.91 Å². The van der Waals surface area contributed by atoms with Crippen LogP contribution in [-0.4, -0.2) is 81.6 Å². The van der Waals surface area contributed by atoms with Crippen molar-refractivity contribution in [2.45, 2.75) is 38.8 Å². The molecule has 0 radical (unpaired) electrons. The van der Waals surface area contributed by atoms with Crippen molar-refractivity contribution in [2.24, 2.45) is 0 Å². The summed E-state index contributed by atoms with van der Waals surface area (Å²) in [6, 6.07) is 7.51. The monoisotopic (exact) mass is 443 g/mol. The minimum atomic E-state index is -0.131. The number of hydrogen-bond donors (Lipinski definition) is 0. The highest BCUT2D eigenvalue weighted by molar-refractivity contribution is 6.31. The number of nitrogens with zero attached hydrogens (tertiary/aromatic N) is 5. The van der Waals surface area contributed by atoms with Crippen LogP contribution in [0.1, 0.15) is 42.1 Å². The molecule has 2 amide bonds. The number of carbonyl (C=O) groups is 2. The van der Waals surface area contributed by atoms with E-state index in [-0.39, 0.29) is 17.9 Å². The fourth-order valence-electron chi connectivity index (χ4n) is 4.39. The summed E-state index contributed by atoms with van der Waals surface area (Å²) in [6.07, 6.45) is 6.82. The van der Waals surface area contributed by atoms with Gasteiger partial charge in [-0.15, -0.1) is 0 Å². The lowest BCUT2D eigenvalue weighted by Gasteiger charge is -2.39. The van der Waals surface area contributed by atoms with E-state index in [9.17, 15) is 9.59 Å². The maximum atomic E-state index is 12.9. The van der Waals surface area contributed by atoms with E-state index < -0.39 is 0 Å². The molecule has 0 bridgehead atoms. The molecule has 0 aliphatic carbocycles. The maximum absolute atomic E-state index is 12.9. The van der Waals surface area contributed by atoms with Gasteiger partial charge in [0.25, 0.3) is 5.91 Å². The van der Waals surface area contributed by atoms with Crippen molar-refractivity contribution in [3.05, 3.63) is 52.8 Å². The predicted molar refractivity (Wildman–Crippen MR) is 120 cm³/mol. The summed E-state index contributed by atoms with van der Waals surface area (Å²) in [6.45, 7) is 6.92. The number of hydrogen-bond acceptors (Lipinski definition) is 4. The van der Waals surface area contributed by atoms with Crippen molar-refractivity contribution < 1.29 is 9.59 Å². The van der Waals surface area contributed by atoms with Gasteiger partial charge in [0.1, 0.15) is 0 Å². The maximum Gasteiger partial charge on any atom is 0.257 e. The second-order valence-corrected chi connectivity index (χ2v) is 8.82. The Bertz CT molecular complexity index is 916. The summed E-state index contributed by atoms with van der Waals surface area (Å²) >= 11 is 6.23. The quantitative estimate of drug-likeness (QED) is 0.712. The Morgan fingerprint density at radius 3 is 2.42 bits per heavy atom. The molecule has 2 saturated heterocycles. The van der Waals surface area contributed by atoms with E-state index in [1.807, 2.05) is 41.0 Å². The Kier molecular flexibility index (Phi) is 6.92. The largest absolute Gasteiger partial charge is 0.341 e. The molecule has 31 heavy (non-hydrogen) atoms. The molecule has 2 aliphatic heterocycles. The Labute approximate surface area is 188 Å². The summed E-state index contributed by atoms with van der Waals surface area (Å²) in [5, 5.41) is 5.03. The molecule has 7 nitrogen and oxygen atoms in total. The van der Waals surface area contributed by atoms with Crippen LogP contribution in [0.3, 0.4) is 0 Å². The van der Waals surface area contributed by atoms with E-state index in [1.54, 1.807) is 17.1 Å². The molecule has 3 heterocycles. The summed E-state index contributed by atoms with van der Waals surface area (Å²) in [5.41, 5.74) is 1.55. The molecule has 0 N–H and O–H groups in total. The highest BCUT2D eigenvalue weighted by atomic mass is 35.5. The number of amides is 2. The molecule has 166 valence electrons. The fourth-order valence-corrected chi connectivity index (χ4v) is 4.59. The predicted octanol–water partition coefficient (Wildman–Crippen LogP) is 2.74. The van der Waals surface area contributed by atoms with Crippen LogP contribution in [0.25, 0.3) is 0 Å². The normalized spacial score (nSPS) is 18.8. The van der Waals surface area contributed by atoms with Crippen LogP contribution < -0.4 is 0 Å². The first-order valence-electron chi connectivity index (χ1n) is 11.1. The van der Waals surface area contributed by atoms with Gasteiger partial charge in [-0.05, 0) is 37.8 Å². The van der Waals surface area contributed by atoms with Crippen molar-refractivity contribution in [1.29, 1.82) is 0 Å². The van der Waals surface area contributed by atoms with Crippen molar-refractivity contribution in [3.8, 4) is 0 Å². The summed E-state index contributed by atoms with van der Waals surface area (Å²) in [4.78, 5) is 31.8. The first kappa shape index (κ1) is 21.8. The van der Waals surface area contributed by atoms with Crippen LogP contribution in [0.5, 0.6) is 0 Å². The molecule has 0 saturated carbocycles. The zero-order chi connectivity index (χ0) is 21.8. The number of piperazine rings is 1. The van der Waals surface area contributed by atoms with Gasteiger partial charge in [0.05, 0.1) is 24.3 Å². The lowest BCUT2D eigenvalue weighted by molar-refractivity contribution is -0.137. The van der Waals surface area contributed by atoms with E-state index in [4.69, 9.17) is 11.6 Å². The SMILES string of the molecule is CC(C(=O)N1CCCCC1)N1CCN(C(=O)c2cnn(Cc3ccccc3Cl)c2)CC1. The molecular formula is C23H30ClN5O2. The Morgan fingerprint density at radius 1 is 1.00 bits per heavy atom. The van der Waals surface area contributed by atoms with Gasteiger partial charge in [-0.25, -0.2) is 0 Å². The van der Waals surface area contributed by atoms with Crippen molar-refractivity contribution in [2.75, 3.05) is 39.3 Å². The first-order chi connectivity index (χ1) is 15.0. The van der Waals surface area contributed by atoms with Crippen LogP contribution >= 0.6 is 11.6 Å². The van der Waals surface area contributed by atoms with Gasteiger partial charge in [-0.1, -0.05) is 29.8 Å². The van der Waals surface area contributed by atoms with Gasteiger partial charge in [0.15, 0.2) is 0 Å². The number of benzene rings is 1. The zero-order valence-corrected chi connectivity index (χ0v) is 18.8. The average molecular weight is 444 g/mol. The lowest BCUT2D eigenvalue weighted by Crippen LogP contribution is -2.56. The van der Waals surface area contributed by atoms with Crippen LogP contribution in [0, 0.1) is 0 Å². The molecule has 1 unspecified atom stereocenters. The number of aromatic nitrogens is 2. The smallest absolute Gasteiger partial charge is 0.257 e. The van der Waals surface area contributed by atoms with E-state index in [2.05, 4.69) is 10.00 Å². The zero-order valence-electron chi connectivity index (χ0n) is 18.0. The second-order valence-electron chi connectivity index (χ2n) is 8.41. The Balaban J connectivity index is 1.31. The number of piperidine rings is 1. The third-order valence-corrected chi connectivity index (χ3v) is 6.71. The topological polar surface area (TPSA) is 61.7 Å². The minimum absolute atomic E-state index is 0.0138. The number of likely N-dealkylation sites (tertiary alicyclic amines) is 1. The molecule has 2 aliphatic rings. The fraction of sp³-hybridized carbons (Fsp3) is 0.522.